The summed E-state index contributed by atoms with van der Waals surface area (Å²) in [6, 6.07) is 22.9. The topological polar surface area (TPSA) is 105 Å². The average Bonchev–Trinajstić information content (AvgIpc) is 2.88. The lowest BCUT2D eigenvalue weighted by Crippen LogP contribution is -2.38. The monoisotopic (exact) mass is 493 g/mol. The Kier molecular flexibility index (Phi) is 7.36. The summed E-state index contributed by atoms with van der Waals surface area (Å²) >= 11 is 0. The standard InChI is InChI=1S/C26H27N3O5S/c1-34-23-18-21(14-15-22(23)29-16-8-9-17-35(29,32)33)27-25(30)26(31)28-24(19-10-4-2-5-11-19)20-12-6-3-7-13-20/h2-7,10-15,18,24H,8-9,16-17H2,1H3,(H,27,30)(H,28,31). The Morgan fingerprint density at radius 2 is 1.51 bits per heavy atom. The second-order valence-corrected chi connectivity index (χ2v) is 10.2. The van der Waals surface area contributed by atoms with Crippen molar-refractivity contribution in [3.63, 3.8) is 0 Å². The molecule has 0 aromatic heterocycles. The Labute approximate surface area is 205 Å². The van der Waals surface area contributed by atoms with Crippen molar-refractivity contribution in [2.24, 2.45) is 0 Å². The maximum atomic E-state index is 12.8. The lowest BCUT2D eigenvalue weighted by molar-refractivity contribution is -0.136. The van der Waals surface area contributed by atoms with Gasteiger partial charge in [0.05, 0.1) is 24.6 Å². The number of rotatable bonds is 6. The van der Waals surface area contributed by atoms with Crippen molar-refractivity contribution < 1.29 is 22.7 Å². The van der Waals surface area contributed by atoms with E-state index in [1.807, 2.05) is 60.7 Å². The Morgan fingerprint density at radius 1 is 0.886 bits per heavy atom. The van der Waals surface area contributed by atoms with Gasteiger partial charge in [-0.3, -0.25) is 13.9 Å². The van der Waals surface area contributed by atoms with Crippen LogP contribution < -0.4 is 19.7 Å². The van der Waals surface area contributed by atoms with Crippen LogP contribution >= 0.6 is 0 Å². The second kappa shape index (κ2) is 10.6. The number of methoxy groups -OCH3 is 1. The fourth-order valence-corrected chi connectivity index (χ4v) is 5.70. The number of hydrogen-bond acceptors (Lipinski definition) is 5. The lowest BCUT2D eigenvalue weighted by atomic mass is 9.99. The third-order valence-corrected chi connectivity index (χ3v) is 7.66. The van der Waals surface area contributed by atoms with Gasteiger partial charge >= 0.3 is 11.8 Å². The molecule has 2 N–H and O–H groups in total. The van der Waals surface area contributed by atoms with Crippen molar-refractivity contribution in [3.05, 3.63) is 90.0 Å². The highest BCUT2D eigenvalue weighted by molar-refractivity contribution is 7.92. The van der Waals surface area contributed by atoms with Crippen molar-refractivity contribution in [1.29, 1.82) is 0 Å². The van der Waals surface area contributed by atoms with Gasteiger partial charge in [0.15, 0.2) is 0 Å². The van der Waals surface area contributed by atoms with Crippen LogP contribution in [0.15, 0.2) is 78.9 Å². The van der Waals surface area contributed by atoms with E-state index in [0.717, 1.165) is 17.5 Å². The molecule has 0 radical (unpaired) electrons. The van der Waals surface area contributed by atoms with Crippen LogP contribution in [0.1, 0.15) is 30.0 Å². The van der Waals surface area contributed by atoms with E-state index in [9.17, 15) is 18.0 Å². The summed E-state index contributed by atoms with van der Waals surface area (Å²) in [5.41, 5.74) is 2.40. The molecule has 2 amide bonds. The number of anilines is 2. The molecule has 1 heterocycles. The summed E-state index contributed by atoms with van der Waals surface area (Å²) < 4.78 is 31.7. The lowest BCUT2D eigenvalue weighted by Gasteiger charge is -2.29. The third-order valence-electron chi connectivity index (χ3n) is 5.80. The van der Waals surface area contributed by atoms with Crippen molar-refractivity contribution in [1.82, 2.24) is 5.32 Å². The molecular weight excluding hydrogens is 466 g/mol. The van der Waals surface area contributed by atoms with E-state index < -0.39 is 27.9 Å². The quantitative estimate of drug-likeness (QED) is 0.512. The predicted molar refractivity (Wildman–Crippen MR) is 135 cm³/mol. The Hall–Kier alpha value is -3.85. The van der Waals surface area contributed by atoms with E-state index in [1.54, 1.807) is 12.1 Å². The molecule has 3 aromatic rings. The van der Waals surface area contributed by atoms with E-state index in [4.69, 9.17) is 4.74 Å². The SMILES string of the molecule is COc1cc(NC(=O)C(=O)NC(c2ccccc2)c2ccccc2)ccc1N1CCCCS1(=O)=O. The average molecular weight is 494 g/mol. The molecule has 0 aliphatic carbocycles. The molecule has 3 aromatic carbocycles. The van der Waals surface area contributed by atoms with Gasteiger partial charge in [0.2, 0.25) is 10.0 Å². The highest BCUT2D eigenvalue weighted by atomic mass is 32.2. The molecule has 1 saturated heterocycles. The molecule has 0 saturated carbocycles. The molecule has 0 spiro atoms. The molecule has 1 aliphatic rings. The predicted octanol–water partition coefficient (Wildman–Crippen LogP) is 3.47. The molecule has 8 nitrogen and oxygen atoms in total. The number of benzene rings is 3. The zero-order valence-corrected chi connectivity index (χ0v) is 20.1. The van der Waals surface area contributed by atoms with Gasteiger partial charge in [0.1, 0.15) is 5.75 Å². The van der Waals surface area contributed by atoms with Crippen LogP contribution in [0.25, 0.3) is 0 Å². The molecule has 0 unspecified atom stereocenters. The van der Waals surface area contributed by atoms with Crippen LogP contribution in [0, 0.1) is 0 Å². The maximum absolute atomic E-state index is 12.8. The summed E-state index contributed by atoms with van der Waals surface area (Å²) in [5, 5.41) is 5.38. The fourth-order valence-electron chi connectivity index (χ4n) is 4.06. The van der Waals surface area contributed by atoms with Crippen LogP contribution in [-0.2, 0) is 19.6 Å². The molecule has 35 heavy (non-hydrogen) atoms. The molecule has 9 heteroatoms. The molecule has 182 valence electrons. The fraction of sp³-hybridized carbons (Fsp3) is 0.231. The zero-order valence-electron chi connectivity index (χ0n) is 19.3. The summed E-state index contributed by atoms with van der Waals surface area (Å²) in [7, 11) is -1.99. The number of amides is 2. The number of nitrogens with one attached hydrogen (secondary N) is 2. The second-order valence-electron chi connectivity index (χ2n) is 8.16. The largest absolute Gasteiger partial charge is 0.494 e. The summed E-state index contributed by atoms with van der Waals surface area (Å²) in [5.74, 6) is -1.27. The summed E-state index contributed by atoms with van der Waals surface area (Å²) in [4.78, 5) is 25.5. The van der Waals surface area contributed by atoms with Crippen LogP contribution in [0.5, 0.6) is 5.75 Å². The first-order chi connectivity index (χ1) is 16.9. The van der Waals surface area contributed by atoms with Gasteiger partial charge in [-0.15, -0.1) is 0 Å². The van der Waals surface area contributed by atoms with Crippen molar-refractivity contribution >= 4 is 33.2 Å². The van der Waals surface area contributed by atoms with Crippen LogP contribution in [0.3, 0.4) is 0 Å². The van der Waals surface area contributed by atoms with Gasteiger partial charge < -0.3 is 15.4 Å². The zero-order chi connectivity index (χ0) is 24.8. The van der Waals surface area contributed by atoms with Gasteiger partial charge in [-0.1, -0.05) is 60.7 Å². The van der Waals surface area contributed by atoms with E-state index in [0.29, 0.717) is 30.1 Å². The van der Waals surface area contributed by atoms with E-state index in [1.165, 1.54) is 17.5 Å². The molecule has 1 aliphatic heterocycles. The first kappa shape index (κ1) is 24.3. The van der Waals surface area contributed by atoms with Gasteiger partial charge in [0.25, 0.3) is 0 Å². The minimum atomic E-state index is -3.42. The molecule has 0 bridgehead atoms. The maximum Gasteiger partial charge on any atom is 0.313 e. The molecule has 1 fully saturated rings. The van der Waals surface area contributed by atoms with Gasteiger partial charge in [-0.25, -0.2) is 8.42 Å². The van der Waals surface area contributed by atoms with Crippen LogP contribution in [0.4, 0.5) is 11.4 Å². The summed E-state index contributed by atoms with van der Waals surface area (Å²) in [6.07, 6.45) is 1.38. The van der Waals surface area contributed by atoms with Crippen LogP contribution in [0.2, 0.25) is 0 Å². The first-order valence-corrected chi connectivity index (χ1v) is 12.9. The minimum absolute atomic E-state index is 0.0822. The first-order valence-electron chi connectivity index (χ1n) is 11.3. The van der Waals surface area contributed by atoms with E-state index >= 15 is 0 Å². The number of hydrogen-bond donors (Lipinski definition) is 2. The number of carbonyl (C=O) groups is 2. The minimum Gasteiger partial charge on any atom is -0.494 e. The highest BCUT2D eigenvalue weighted by Crippen LogP contribution is 2.35. The van der Waals surface area contributed by atoms with Crippen molar-refractivity contribution in [3.8, 4) is 5.75 Å². The number of sulfonamides is 1. The van der Waals surface area contributed by atoms with Crippen molar-refractivity contribution in [2.45, 2.75) is 18.9 Å². The highest BCUT2D eigenvalue weighted by Gasteiger charge is 2.29. The number of carbonyl (C=O) groups excluding carboxylic acids is 2. The summed E-state index contributed by atoms with van der Waals surface area (Å²) in [6.45, 7) is 0.368. The smallest absolute Gasteiger partial charge is 0.313 e. The number of ether oxygens (including phenoxy) is 1. The normalized spacial score (nSPS) is 14.9. The van der Waals surface area contributed by atoms with Crippen LogP contribution in [-0.4, -0.2) is 39.6 Å². The Bertz CT molecular complexity index is 1260. The molecule has 4 rings (SSSR count). The molecule has 0 atom stereocenters. The third kappa shape index (κ3) is 5.63. The van der Waals surface area contributed by atoms with Crippen molar-refractivity contribution in [2.75, 3.05) is 29.0 Å². The van der Waals surface area contributed by atoms with E-state index in [2.05, 4.69) is 10.6 Å². The Balaban J connectivity index is 1.51. The number of nitrogens with zero attached hydrogens (tertiary/aromatic N) is 1. The van der Waals surface area contributed by atoms with Gasteiger partial charge in [-0.05, 0) is 36.1 Å². The Morgan fingerprint density at radius 3 is 2.09 bits per heavy atom. The van der Waals surface area contributed by atoms with Gasteiger partial charge in [-0.2, -0.15) is 0 Å². The van der Waals surface area contributed by atoms with E-state index in [-0.39, 0.29) is 5.75 Å². The van der Waals surface area contributed by atoms with Gasteiger partial charge in [0, 0.05) is 18.3 Å². The molecular formula is C26H27N3O5S.